The van der Waals surface area contributed by atoms with Crippen molar-refractivity contribution in [1.29, 1.82) is 0 Å². The van der Waals surface area contributed by atoms with Gasteiger partial charge in [0.2, 0.25) is 0 Å². The summed E-state index contributed by atoms with van der Waals surface area (Å²) in [4.78, 5) is 4.98. The van der Waals surface area contributed by atoms with E-state index < -0.39 is 5.41 Å². The summed E-state index contributed by atoms with van der Waals surface area (Å²) in [5.74, 6) is 0. The Morgan fingerprint density at radius 1 is 0.292 bits per heavy atom. The fourth-order valence-electron chi connectivity index (χ4n) is 15.1. The van der Waals surface area contributed by atoms with Crippen LogP contribution in [0.3, 0.4) is 0 Å². The number of para-hydroxylation sites is 2. The van der Waals surface area contributed by atoms with E-state index in [0.717, 1.165) is 106 Å². The molecule has 0 saturated heterocycles. The second kappa shape index (κ2) is 21.9. The van der Waals surface area contributed by atoms with Gasteiger partial charge in [0.15, 0.2) is 5.58 Å². The number of rotatable bonds is 8. The van der Waals surface area contributed by atoms with Crippen molar-refractivity contribution in [1.82, 2.24) is 0 Å². The Labute approximate surface area is 572 Å². The van der Waals surface area contributed by atoms with Crippen LogP contribution in [0.2, 0.25) is 0 Å². The van der Waals surface area contributed by atoms with Crippen molar-refractivity contribution in [2.45, 2.75) is 163 Å². The highest BCUT2D eigenvalue weighted by Crippen LogP contribution is 2.65. The average molecular weight is 1280 g/mol. The summed E-state index contributed by atoms with van der Waals surface area (Å²) in [5.41, 5.74) is 22.6. The Morgan fingerprint density at radius 2 is 0.635 bits per heavy atom. The maximum Gasteiger partial charge on any atom is 0.160 e. The lowest BCUT2D eigenvalue weighted by Gasteiger charge is -2.36. The second-order valence-electron chi connectivity index (χ2n) is 33.5. The molecule has 0 amide bonds. The quantitative estimate of drug-likeness (QED) is 0.152. The molecule has 15 rings (SSSR count). The molecule has 1 aliphatic rings. The first-order valence-electron chi connectivity index (χ1n) is 34.5. The van der Waals surface area contributed by atoms with Crippen LogP contribution in [0.25, 0.3) is 75.2 Å². The number of hydrogen-bond acceptors (Lipinski definition) is 5. The van der Waals surface area contributed by atoms with E-state index in [0.29, 0.717) is 0 Å². The fourth-order valence-corrected chi connectivity index (χ4v) is 16.2. The topological polar surface area (TPSA) is 32.8 Å². The molecule has 482 valence electrons. The minimum Gasteiger partial charge on any atom is -0.455 e. The fraction of sp³-hybridized carbons (Fsp3) is 0.275. The summed E-state index contributed by atoms with van der Waals surface area (Å²) in [5, 5.41) is 6.72. The second-order valence-corrected chi connectivity index (χ2v) is 34.5. The van der Waals surface area contributed by atoms with Crippen molar-refractivity contribution in [3.05, 3.63) is 274 Å². The number of nitrogens with zero attached hydrogens (tertiary/aromatic N) is 2. The molecule has 11 aromatic carbocycles. The van der Waals surface area contributed by atoms with Crippen molar-refractivity contribution in [2.75, 3.05) is 9.80 Å². The molecule has 0 N–H and O–H groups in total. The van der Waals surface area contributed by atoms with Crippen LogP contribution in [0.1, 0.15) is 180 Å². The maximum atomic E-state index is 7.80. The van der Waals surface area contributed by atoms with E-state index in [-0.39, 0.29) is 32.5 Å². The third-order valence-electron chi connectivity index (χ3n) is 20.7. The van der Waals surface area contributed by atoms with E-state index >= 15 is 0 Å². The highest BCUT2D eigenvalue weighted by molar-refractivity contribution is 7.25. The lowest BCUT2D eigenvalue weighted by molar-refractivity contribution is 0.589. The van der Waals surface area contributed by atoms with E-state index in [1.54, 1.807) is 0 Å². The minimum absolute atomic E-state index is 0.0546. The molecule has 0 spiro atoms. The molecule has 0 aliphatic heterocycles. The van der Waals surface area contributed by atoms with E-state index in [9.17, 15) is 0 Å². The standard InChI is InChI=1S/C91H90N2O2S/c1-85(2,3)55-27-29-60(30-28-55)91(62-40-50-78-70(52-62)69-51-61(90(16,17)18)39-49-77(69)96-78)71-54-74(93(65-45-35-58(36-46-65)88(10,11)12)66-47-37-59(38-48-66)89(13,14)15)83-80(68-24-20-22-26-76(68)94-83)81(71)82-72(91)53-73(79-67-23-19-21-25-75(67)95-84(79)82)92(63-41-31-56(32-42-63)86(4,5)6)64-43-33-57(34-44-64)87(7,8)9/h19-54H,1-18H3. The number of hydrogen-bond donors (Lipinski definition) is 0. The van der Waals surface area contributed by atoms with E-state index in [4.69, 9.17) is 8.83 Å². The number of fused-ring (bicyclic) bond motifs is 14. The first-order chi connectivity index (χ1) is 45.4. The highest BCUT2D eigenvalue weighted by Gasteiger charge is 2.51. The third kappa shape index (κ3) is 10.3. The highest BCUT2D eigenvalue weighted by atomic mass is 32.1. The van der Waals surface area contributed by atoms with Gasteiger partial charge in [-0.15, -0.1) is 11.3 Å². The first kappa shape index (κ1) is 62.9. The van der Waals surface area contributed by atoms with Gasteiger partial charge in [-0.05, 0) is 185 Å². The first-order valence-corrected chi connectivity index (χ1v) is 35.3. The van der Waals surface area contributed by atoms with Gasteiger partial charge in [0.25, 0.3) is 0 Å². The van der Waals surface area contributed by atoms with Gasteiger partial charge in [-0.1, -0.05) is 246 Å². The number of furan rings is 2. The Bertz CT molecular complexity index is 5250. The Kier molecular flexibility index (Phi) is 14.4. The van der Waals surface area contributed by atoms with Crippen molar-refractivity contribution in [3.8, 4) is 11.1 Å². The van der Waals surface area contributed by atoms with Gasteiger partial charge < -0.3 is 18.6 Å². The molecule has 14 aromatic rings. The molecular formula is C91H90N2O2S. The zero-order chi connectivity index (χ0) is 67.6. The van der Waals surface area contributed by atoms with Gasteiger partial charge in [-0.3, -0.25) is 0 Å². The molecular weight excluding hydrogens is 1190 g/mol. The molecule has 3 aromatic heterocycles. The van der Waals surface area contributed by atoms with E-state index in [1.165, 1.54) is 59.1 Å². The van der Waals surface area contributed by atoms with Gasteiger partial charge in [0.05, 0.1) is 22.2 Å². The summed E-state index contributed by atoms with van der Waals surface area (Å²) in [6, 6.07) is 84.0. The molecule has 5 heteroatoms. The predicted molar refractivity (Wildman–Crippen MR) is 413 cm³/mol. The normalized spacial score (nSPS) is 14.8. The van der Waals surface area contributed by atoms with Crippen LogP contribution >= 0.6 is 11.3 Å². The molecule has 3 heterocycles. The van der Waals surface area contributed by atoms with Crippen LogP contribution in [-0.4, -0.2) is 0 Å². The summed E-state index contributed by atoms with van der Waals surface area (Å²) in [6.45, 7) is 41.5. The van der Waals surface area contributed by atoms with E-state index in [2.05, 4.69) is 353 Å². The Hall–Kier alpha value is -9.16. The number of thiophene rings is 1. The number of benzene rings is 11. The van der Waals surface area contributed by atoms with Crippen LogP contribution in [0.15, 0.2) is 227 Å². The molecule has 96 heavy (non-hydrogen) atoms. The smallest absolute Gasteiger partial charge is 0.160 e. The lowest BCUT2D eigenvalue weighted by Crippen LogP contribution is -2.29. The third-order valence-corrected chi connectivity index (χ3v) is 21.9. The molecule has 0 radical (unpaired) electrons. The van der Waals surface area contributed by atoms with Crippen LogP contribution in [0, 0.1) is 0 Å². The molecule has 1 atom stereocenters. The Morgan fingerprint density at radius 3 is 1.08 bits per heavy atom. The van der Waals surface area contributed by atoms with Crippen LogP contribution in [-0.2, 0) is 37.9 Å². The SMILES string of the molecule is CC(C)(C)c1ccc(N(c2ccc(C(C)(C)C)cc2)c2cc3c(c4c2oc2ccccc24)-c2c(cc(N(c4ccc(C(C)(C)C)cc4)c4ccc(C(C)(C)C)cc4)c4c2oc2ccccc24)C3(c2ccc(C(C)(C)C)cc2)c2ccc3sc4ccc(C(C)(C)C)cc4c3c2)cc1. The zero-order valence-electron chi connectivity index (χ0n) is 59.4. The van der Waals surface area contributed by atoms with E-state index in [1.807, 2.05) is 11.3 Å². The largest absolute Gasteiger partial charge is 0.455 e. The van der Waals surface area contributed by atoms with Gasteiger partial charge in [0, 0.05) is 70.2 Å². The minimum atomic E-state index is -1.01. The van der Waals surface area contributed by atoms with Crippen molar-refractivity contribution in [3.63, 3.8) is 0 Å². The maximum absolute atomic E-state index is 7.80. The molecule has 4 nitrogen and oxygen atoms in total. The van der Waals surface area contributed by atoms with Gasteiger partial charge in [0.1, 0.15) is 16.7 Å². The van der Waals surface area contributed by atoms with Gasteiger partial charge in [-0.2, -0.15) is 0 Å². The van der Waals surface area contributed by atoms with Gasteiger partial charge >= 0.3 is 0 Å². The molecule has 0 fully saturated rings. The van der Waals surface area contributed by atoms with Gasteiger partial charge in [-0.25, -0.2) is 0 Å². The zero-order valence-corrected chi connectivity index (χ0v) is 60.2. The van der Waals surface area contributed by atoms with Crippen molar-refractivity contribution >= 4 is 110 Å². The summed E-state index contributed by atoms with van der Waals surface area (Å²) in [7, 11) is 0. The summed E-state index contributed by atoms with van der Waals surface area (Å²) in [6.07, 6.45) is 0. The predicted octanol–water partition coefficient (Wildman–Crippen LogP) is 26.9. The summed E-state index contributed by atoms with van der Waals surface area (Å²) >= 11 is 1.88. The van der Waals surface area contributed by atoms with Crippen LogP contribution < -0.4 is 9.80 Å². The number of anilines is 6. The molecule has 0 saturated carbocycles. The molecule has 0 bridgehead atoms. The van der Waals surface area contributed by atoms with Crippen LogP contribution in [0.4, 0.5) is 34.1 Å². The molecule has 1 aliphatic carbocycles. The van der Waals surface area contributed by atoms with Crippen molar-refractivity contribution < 1.29 is 8.83 Å². The van der Waals surface area contributed by atoms with Crippen LogP contribution in [0.5, 0.6) is 0 Å². The average Bonchev–Trinajstić information content (AvgIpc) is 1.50. The monoisotopic (exact) mass is 1270 g/mol. The lowest BCUT2D eigenvalue weighted by atomic mass is 9.66. The molecule has 1 unspecified atom stereocenters. The van der Waals surface area contributed by atoms with Crippen molar-refractivity contribution in [2.24, 2.45) is 0 Å². The summed E-state index contributed by atoms with van der Waals surface area (Å²) < 4.78 is 17.9. The Balaban J connectivity index is 1.17.